The van der Waals surface area contributed by atoms with Crippen molar-refractivity contribution in [1.82, 2.24) is 4.72 Å². The molecule has 0 amide bonds. The van der Waals surface area contributed by atoms with Gasteiger partial charge in [0.15, 0.2) is 0 Å². The second-order valence-corrected chi connectivity index (χ2v) is 6.90. The third-order valence-electron chi connectivity index (χ3n) is 3.32. The van der Waals surface area contributed by atoms with Gasteiger partial charge in [0, 0.05) is 6.61 Å². The zero-order chi connectivity index (χ0) is 13.2. The van der Waals surface area contributed by atoms with E-state index in [9.17, 15) is 13.2 Å². The highest BCUT2D eigenvalue weighted by Crippen LogP contribution is 2.33. The van der Waals surface area contributed by atoms with E-state index >= 15 is 0 Å². The fourth-order valence-electron chi connectivity index (χ4n) is 2.17. The van der Waals surface area contributed by atoms with Gasteiger partial charge in [-0.1, -0.05) is 12.8 Å². The Bertz CT molecular complexity index is 398. The second kappa shape index (κ2) is 5.54. The molecule has 104 valence electrons. The molecule has 0 aromatic rings. The lowest BCUT2D eigenvalue weighted by Gasteiger charge is -2.16. The van der Waals surface area contributed by atoms with Crippen LogP contribution in [0.4, 0.5) is 0 Å². The summed E-state index contributed by atoms with van der Waals surface area (Å²) in [5.41, 5.74) is 0. The Hall–Kier alpha value is -0.660. The van der Waals surface area contributed by atoms with Crippen LogP contribution in [0.25, 0.3) is 0 Å². The molecule has 6 nitrogen and oxygen atoms in total. The third-order valence-corrected chi connectivity index (χ3v) is 4.77. The average molecular weight is 277 g/mol. The summed E-state index contributed by atoms with van der Waals surface area (Å²) in [5, 5.41) is 9.02. The maximum Gasteiger partial charge on any atom is 0.321 e. The zero-order valence-electron chi connectivity index (χ0n) is 10.2. The number of ether oxygens (including phenoxy) is 1. The van der Waals surface area contributed by atoms with Gasteiger partial charge in [-0.25, -0.2) is 13.1 Å². The van der Waals surface area contributed by atoms with E-state index in [-0.39, 0.29) is 11.9 Å². The molecule has 0 radical (unpaired) electrons. The van der Waals surface area contributed by atoms with Crippen LogP contribution in [0.2, 0.25) is 0 Å². The molecule has 1 heterocycles. The molecule has 1 aliphatic carbocycles. The van der Waals surface area contributed by atoms with E-state index < -0.39 is 22.0 Å². The Labute approximate surface area is 107 Å². The minimum absolute atomic E-state index is 0.137. The van der Waals surface area contributed by atoms with Crippen molar-refractivity contribution >= 4 is 16.0 Å². The first-order valence-electron chi connectivity index (χ1n) is 6.31. The maximum absolute atomic E-state index is 11.8. The van der Waals surface area contributed by atoms with E-state index in [1.807, 2.05) is 0 Å². The lowest BCUT2D eigenvalue weighted by atomic mass is 10.1. The van der Waals surface area contributed by atoms with Crippen molar-refractivity contribution in [2.75, 3.05) is 12.4 Å². The smallest absolute Gasteiger partial charge is 0.321 e. The molecule has 1 saturated carbocycles. The van der Waals surface area contributed by atoms with Gasteiger partial charge in [0.1, 0.15) is 6.04 Å². The number of carbonyl (C=O) groups is 1. The maximum atomic E-state index is 11.8. The first-order valence-corrected chi connectivity index (χ1v) is 7.96. The SMILES string of the molecule is O=C(O)[C@H](CC1CC1)NS(=O)(=O)CC1CCCO1. The molecule has 0 aromatic heterocycles. The van der Waals surface area contributed by atoms with Crippen LogP contribution >= 0.6 is 0 Å². The van der Waals surface area contributed by atoms with Crippen molar-refractivity contribution < 1.29 is 23.1 Å². The topological polar surface area (TPSA) is 92.7 Å². The molecule has 1 saturated heterocycles. The number of hydrogen-bond donors (Lipinski definition) is 2. The van der Waals surface area contributed by atoms with Gasteiger partial charge < -0.3 is 9.84 Å². The number of aliphatic carboxylic acids is 1. The van der Waals surface area contributed by atoms with Crippen LogP contribution in [0, 0.1) is 5.92 Å². The fourth-order valence-corrected chi connectivity index (χ4v) is 3.65. The lowest BCUT2D eigenvalue weighted by molar-refractivity contribution is -0.139. The van der Waals surface area contributed by atoms with E-state index in [1.165, 1.54) is 0 Å². The Balaban J connectivity index is 1.88. The molecule has 18 heavy (non-hydrogen) atoms. The van der Waals surface area contributed by atoms with Crippen LogP contribution in [0.5, 0.6) is 0 Å². The summed E-state index contributed by atoms with van der Waals surface area (Å²) in [6.07, 6.45) is 3.68. The number of nitrogens with one attached hydrogen (secondary N) is 1. The molecule has 0 spiro atoms. The normalized spacial score (nSPS) is 26.1. The van der Waals surface area contributed by atoms with Crippen molar-refractivity contribution in [2.45, 2.75) is 44.2 Å². The Morgan fingerprint density at radius 1 is 1.39 bits per heavy atom. The summed E-state index contributed by atoms with van der Waals surface area (Å²) in [6, 6.07) is -0.996. The number of rotatable bonds is 7. The van der Waals surface area contributed by atoms with E-state index in [4.69, 9.17) is 9.84 Å². The van der Waals surface area contributed by atoms with Gasteiger partial charge in [0.25, 0.3) is 0 Å². The molecule has 1 unspecified atom stereocenters. The van der Waals surface area contributed by atoms with Gasteiger partial charge in [-0.15, -0.1) is 0 Å². The molecule has 2 atom stereocenters. The minimum Gasteiger partial charge on any atom is -0.480 e. The van der Waals surface area contributed by atoms with Crippen LogP contribution in [-0.4, -0.2) is 44.0 Å². The first-order chi connectivity index (χ1) is 8.46. The molecule has 1 aliphatic heterocycles. The third kappa shape index (κ3) is 4.22. The summed E-state index contributed by atoms with van der Waals surface area (Å²) < 4.78 is 31.2. The Morgan fingerprint density at radius 2 is 2.11 bits per heavy atom. The molecule has 2 fully saturated rings. The van der Waals surface area contributed by atoms with E-state index in [0.717, 1.165) is 25.7 Å². The van der Waals surface area contributed by atoms with Gasteiger partial charge in [-0.05, 0) is 25.2 Å². The quantitative estimate of drug-likeness (QED) is 0.700. The van der Waals surface area contributed by atoms with Crippen molar-refractivity contribution in [3.63, 3.8) is 0 Å². The van der Waals surface area contributed by atoms with Crippen molar-refractivity contribution in [3.05, 3.63) is 0 Å². The molecule has 0 aromatic carbocycles. The van der Waals surface area contributed by atoms with Gasteiger partial charge in [0.2, 0.25) is 10.0 Å². The van der Waals surface area contributed by atoms with Crippen molar-refractivity contribution in [3.8, 4) is 0 Å². The Morgan fingerprint density at radius 3 is 2.61 bits per heavy atom. The highest BCUT2D eigenvalue weighted by Gasteiger charge is 2.33. The number of sulfonamides is 1. The van der Waals surface area contributed by atoms with E-state index in [0.29, 0.717) is 18.9 Å². The number of carboxylic acid groups (broad SMARTS) is 1. The minimum atomic E-state index is -3.58. The first kappa shape index (κ1) is 13.8. The molecule has 2 aliphatic rings. The molecular formula is C11H19NO5S. The van der Waals surface area contributed by atoms with Crippen LogP contribution in [0.1, 0.15) is 32.1 Å². The molecule has 7 heteroatoms. The largest absolute Gasteiger partial charge is 0.480 e. The summed E-state index contributed by atoms with van der Waals surface area (Å²) in [7, 11) is -3.58. The predicted octanol–water partition coefficient (Wildman–Crippen LogP) is 0.338. The predicted molar refractivity (Wildman–Crippen MR) is 64.7 cm³/mol. The second-order valence-electron chi connectivity index (χ2n) is 5.10. The fraction of sp³-hybridized carbons (Fsp3) is 0.909. The summed E-state index contributed by atoms with van der Waals surface area (Å²) in [6.45, 7) is 0.588. The van der Waals surface area contributed by atoms with E-state index in [1.54, 1.807) is 0 Å². The lowest BCUT2D eigenvalue weighted by Crippen LogP contribution is -2.43. The Kier molecular flexibility index (Phi) is 4.24. The van der Waals surface area contributed by atoms with Gasteiger partial charge in [-0.2, -0.15) is 0 Å². The van der Waals surface area contributed by atoms with Crippen LogP contribution in [0.3, 0.4) is 0 Å². The highest BCUT2D eigenvalue weighted by atomic mass is 32.2. The molecule has 0 bridgehead atoms. The van der Waals surface area contributed by atoms with Crippen LogP contribution in [0.15, 0.2) is 0 Å². The molecule has 2 N–H and O–H groups in total. The monoisotopic (exact) mass is 277 g/mol. The standard InChI is InChI=1S/C11H19NO5S/c13-11(14)10(6-8-3-4-8)12-18(15,16)7-9-2-1-5-17-9/h8-10,12H,1-7H2,(H,13,14)/t9?,10-/m0/s1. The van der Waals surface area contributed by atoms with Crippen molar-refractivity contribution in [2.24, 2.45) is 5.92 Å². The van der Waals surface area contributed by atoms with Crippen LogP contribution in [-0.2, 0) is 19.6 Å². The number of hydrogen-bond acceptors (Lipinski definition) is 4. The molecule has 2 rings (SSSR count). The van der Waals surface area contributed by atoms with Crippen LogP contribution < -0.4 is 4.72 Å². The summed E-state index contributed by atoms with van der Waals surface area (Å²) in [5.74, 6) is -0.879. The van der Waals surface area contributed by atoms with Gasteiger partial charge >= 0.3 is 5.97 Å². The molecular weight excluding hydrogens is 258 g/mol. The summed E-state index contributed by atoms with van der Waals surface area (Å²) >= 11 is 0. The van der Waals surface area contributed by atoms with E-state index in [2.05, 4.69) is 4.72 Å². The summed E-state index contributed by atoms with van der Waals surface area (Å²) in [4.78, 5) is 11.0. The highest BCUT2D eigenvalue weighted by molar-refractivity contribution is 7.89. The average Bonchev–Trinajstić information content (AvgIpc) is 2.93. The van der Waals surface area contributed by atoms with Gasteiger partial charge in [-0.3, -0.25) is 4.79 Å². The van der Waals surface area contributed by atoms with Gasteiger partial charge in [0.05, 0.1) is 11.9 Å². The number of carboxylic acids is 1. The van der Waals surface area contributed by atoms with Crippen molar-refractivity contribution in [1.29, 1.82) is 0 Å². The zero-order valence-corrected chi connectivity index (χ0v) is 11.0.